The maximum atomic E-state index is 14.2. The van der Waals surface area contributed by atoms with Gasteiger partial charge in [-0.3, -0.25) is 9.59 Å². The minimum absolute atomic E-state index is 0.306. The lowest BCUT2D eigenvalue weighted by molar-refractivity contribution is -0.162. The molecule has 2 aromatic rings. The van der Waals surface area contributed by atoms with Gasteiger partial charge in [-0.2, -0.15) is 28.2 Å². The Labute approximate surface area is 238 Å². The third-order valence-electron chi connectivity index (χ3n) is 6.62. The molecular weight excluding hydrogens is 583 g/mol. The van der Waals surface area contributed by atoms with Crippen molar-refractivity contribution < 1.29 is 40.8 Å². The van der Waals surface area contributed by atoms with E-state index in [1.165, 1.54) is 13.0 Å². The number of ether oxygens (including phenoxy) is 1. The van der Waals surface area contributed by atoms with Crippen LogP contribution in [0.25, 0.3) is 5.69 Å². The highest BCUT2D eigenvalue weighted by Gasteiger charge is 2.51. The Balaban J connectivity index is 1.71. The number of aryl methyl sites for hydroxylation is 1. The second-order valence-corrected chi connectivity index (χ2v) is 13.4. The maximum Gasteiger partial charge on any atom is 0.528 e. The quantitative estimate of drug-likeness (QED) is 0.481. The number of amides is 1. The van der Waals surface area contributed by atoms with Crippen LogP contribution in [-0.2, 0) is 30.4 Å². The number of rotatable bonds is 6. The van der Waals surface area contributed by atoms with Crippen LogP contribution >= 0.6 is 0 Å². The molecular formula is C26H28F3N5O7S. The molecule has 2 fully saturated rings. The molecule has 0 bridgehead atoms. The van der Waals surface area contributed by atoms with E-state index in [2.05, 4.69) is 10.4 Å². The summed E-state index contributed by atoms with van der Waals surface area (Å²) in [5.74, 6) is -0.827. The van der Waals surface area contributed by atoms with Crippen LogP contribution < -0.4 is 10.9 Å². The zero-order valence-electron chi connectivity index (χ0n) is 23.1. The third-order valence-corrected chi connectivity index (χ3v) is 8.81. The first-order valence-electron chi connectivity index (χ1n) is 12.8. The fourth-order valence-electron chi connectivity index (χ4n) is 4.39. The van der Waals surface area contributed by atoms with Gasteiger partial charge in [-0.25, -0.2) is 13.2 Å². The van der Waals surface area contributed by atoms with E-state index in [0.717, 1.165) is 27.9 Å². The first kappa shape index (κ1) is 31.0. The number of carbonyl (C=O) groups excluding carboxylic acids is 2. The van der Waals surface area contributed by atoms with E-state index in [0.29, 0.717) is 24.6 Å². The molecule has 2 atom stereocenters. The van der Waals surface area contributed by atoms with Crippen LogP contribution in [0.4, 0.5) is 18.0 Å². The number of hydrogen-bond donors (Lipinski definition) is 1. The molecule has 1 aromatic heterocycles. The van der Waals surface area contributed by atoms with E-state index in [1.54, 1.807) is 20.8 Å². The number of alkyl halides is 3. The minimum atomic E-state index is -5.15. The van der Waals surface area contributed by atoms with Gasteiger partial charge < -0.3 is 14.9 Å². The second kappa shape index (κ2) is 10.7. The van der Waals surface area contributed by atoms with Crippen molar-refractivity contribution in [2.24, 2.45) is 0 Å². The topological polar surface area (TPSA) is 161 Å². The summed E-state index contributed by atoms with van der Waals surface area (Å²) in [5, 5.41) is 14.9. The van der Waals surface area contributed by atoms with E-state index in [1.807, 2.05) is 6.07 Å². The van der Waals surface area contributed by atoms with Crippen molar-refractivity contribution in [1.82, 2.24) is 20.2 Å². The smallest absolute Gasteiger partial charge is 0.427 e. The van der Waals surface area contributed by atoms with Crippen molar-refractivity contribution in [3.63, 3.8) is 0 Å². The predicted molar refractivity (Wildman–Crippen MR) is 139 cm³/mol. The molecule has 1 saturated heterocycles. The highest BCUT2D eigenvalue weighted by Crippen LogP contribution is 2.39. The molecule has 1 amide bonds. The van der Waals surface area contributed by atoms with E-state index in [9.17, 15) is 41.2 Å². The molecule has 2 aliphatic rings. The van der Waals surface area contributed by atoms with Crippen LogP contribution in [0, 0.1) is 18.3 Å². The summed E-state index contributed by atoms with van der Waals surface area (Å²) in [5.41, 5.74) is -4.38. The first-order valence-corrected chi connectivity index (χ1v) is 14.3. The van der Waals surface area contributed by atoms with Gasteiger partial charge in [-0.15, -0.1) is 5.06 Å². The van der Waals surface area contributed by atoms with Crippen LogP contribution in [0.3, 0.4) is 0 Å². The number of halogens is 3. The van der Waals surface area contributed by atoms with Crippen molar-refractivity contribution in [3.8, 4) is 11.8 Å². The Morgan fingerprint density at radius 1 is 1.17 bits per heavy atom. The number of hydroxylamine groups is 2. The molecule has 4 rings (SSSR count). The average molecular weight is 612 g/mol. The van der Waals surface area contributed by atoms with E-state index in [4.69, 9.17) is 9.57 Å². The fourth-order valence-corrected chi connectivity index (χ4v) is 6.27. The standard InChI is InChI=1S/C26H28F3N5O7S/c1-15-5-8-21(35)34(32-15)16-6-7-20(18(11-16)26(27,28)29)42(38,39)17-12-19(22(36)31-25(14-30)9-10-25)33(13-17)41-23(37)40-24(2,3)4/h5-8,11,17,19H,9-10,12-13H2,1-4H3,(H,31,36)/t17-,19+/m1/s1. The van der Waals surface area contributed by atoms with Crippen molar-refractivity contribution in [1.29, 1.82) is 5.26 Å². The number of benzene rings is 1. The molecule has 1 aliphatic heterocycles. The lowest BCUT2D eigenvalue weighted by Gasteiger charge is -2.25. The number of hydrogen-bond acceptors (Lipinski definition) is 10. The predicted octanol–water partition coefficient (Wildman–Crippen LogP) is 2.82. The van der Waals surface area contributed by atoms with Gasteiger partial charge >= 0.3 is 12.3 Å². The normalized spacial score (nSPS) is 20.4. The zero-order valence-corrected chi connectivity index (χ0v) is 23.9. The summed E-state index contributed by atoms with van der Waals surface area (Å²) in [6.45, 7) is 5.50. The molecule has 0 radical (unpaired) electrons. The summed E-state index contributed by atoms with van der Waals surface area (Å²) < 4.78 is 75.8. The highest BCUT2D eigenvalue weighted by molar-refractivity contribution is 7.92. The van der Waals surface area contributed by atoms with Crippen LogP contribution in [0.15, 0.2) is 40.0 Å². The van der Waals surface area contributed by atoms with Gasteiger partial charge in [0.15, 0.2) is 9.84 Å². The Bertz CT molecular complexity index is 1620. The van der Waals surface area contributed by atoms with Crippen molar-refractivity contribution in [2.45, 2.75) is 80.5 Å². The molecule has 2 heterocycles. The van der Waals surface area contributed by atoms with Crippen LogP contribution in [0.2, 0.25) is 0 Å². The van der Waals surface area contributed by atoms with Gasteiger partial charge in [-0.05, 0) is 71.2 Å². The van der Waals surface area contributed by atoms with Crippen LogP contribution in [0.1, 0.15) is 51.3 Å². The van der Waals surface area contributed by atoms with Crippen molar-refractivity contribution in [3.05, 3.63) is 51.9 Å². The van der Waals surface area contributed by atoms with Crippen molar-refractivity contribution in [2.75, 3.05) is 6.54 Å². The average Bonchev–Trinajstić information content (AvgIpc) is 3.51. The molecule has 1 saturated carbocycles. The van der Waals surface area contributed by atoms with Gasteiger partial charge in [0.25, 0.3) is 5.56 Å². The van der Waals surface area contributed by atoms with Gasteiger partial charge in [0.1, 0.15) is 17.2 Å². The van der Waals surface area contributed by atoms with Crippen molar-refractivity contribution >= 4 is 21.9 Å². The van der Waals surface area contributed by atoms with Gasteiger partial charge in [0.2, 0.25) is 5.91 Å². The second-order valence-electron chi connectivity index (χ2n) is 11.2. The monoisotopic (exact) mass is 611 g/mol. The molecule has 1 aromatic carbocycles. The summed E-state index contributed by atoms with van der Waals surface area (Å²) in [7, 11) is -4.82. The zero-order chi connectivity index (χ0) is 31.3. The molecule has 226 valence electrons. The van der Waals surface area contributed by atoms with E-state index < -0.39 is 79.5 Å². The van der Waals surface area contributed by atoms with Gasteiger partial charge in [-0.1, -0.05) is 0 Å². The van der Waals surface area contributed by atoms with E-state index >= 15 is 0 Å². The Hall–Kier alpha value is -3.97. The molecule has 1 aliphatic carbocycles. The summed E-state index contributed by atoms with van der Waals surface area (Å²) in [6, 6.07) is 5.27. The lowest BCUT2D eigenvalue weighted by atomic mass is 10.2. The largest absolute Gasteiger partial charge is 0.528 e. The number of aromatic nitrogens is 2. The summed E-state index contributed by atoms with van der Waals surface area (Å²) in [6.07, 6.45) is -6.24. The number of sulfone groups is 1. The van der Waals surface area contributed by atoms with Gasteiger partial charge in [0.05, 0.1) is 39.7 Å². The fraction of sp³-hybridized carbons (Fsp3) is 0.500. The Kier molecular flexibility index (Phi) is 7.89. The molecule has 12 nitrogen and oxygen atoms in total. The number of nitriles is 1. The number of nitrogens with zero attached hydrogens (tertiary/aromatic N) is 4. The van der Waals surface area contributed by atoms with E-state index in [-0.39, 0.29) is 5.69 Å². The lowest BCUT2D eigenvalue weighted by Crippen LogP contribution is -2.48. The van der Waals surface area contributed by atoms with Crippen LogP contribution in [-0.4, -0.2) is 64.3 Å². The maximum absolute atomic E-state index is 14.2. The minimum Gasteiger partial charge on any atom is -0.427 e. The number of carbonyl (C=O) groups is 2. The molecule has 42 heavy (non-hydrogen) atoms. The summed E-state index contributed by atoms with van der Waals surface area (Å²) in [4.78, 5) is 41.8. The SMILES string of the molecule is Cc1ccc(=O)n(-c2ccc(S(=O)(=O)[C@@H]3C[C@@H](C(=O)NC4(C#N)CC4)N(OC(=O)OC(C)(C)C)C3)c(C(F)(F)F)c2)n1. The molecule has 0 unspecified atom stereocenters. The van der Waals surface area contributed by atoms with Crippen LogP contribution in [0.5, 0.6) is 0 Å². The molecule has 0 spiro atoms. The first-order chi connectivity index (χ1) is 19.3. The number of nitrogens with one attached hydrogen (secondary N) is 1. The Morgan fingerprint density at radius 2 is 1.83 bits per heavy atom. The van der Waals surface area contributed by atoms with Gasteiger partial charge in [0, 0.05) is 6.07 Å². The summed E-state index contributed by atoms with van der Waals surface area (Å²) >= 11 is 0. The molecule has 1 N–H and O–H groups in total. The Morgan fingerprint density at radius 3 is 2.40 bits per heavy atom. The molecule has 16 heteroatoms. The highest BCUT2D eigenvalue weighted by atomic mass is 32.2. The third kappa shape index (κ3) is 6.57.